The highest BCUT2D eigenvalue weighted by Gasteiger charge is 2.16. The maximum Gasteiger partial charge on any atom is 0.276 e. The molecule has 0 saturated heterocycles. The third kappa shape index (κ3) is 5.13. The van der Waals surface area contributed by atoms with Crippen molar-refractivity contribution < 1.29 is 12.8 Å². The molecule has 0 amide bonds. The van der Waals surface area contributed by atoms with E-state index in [1.54, 1.807) is 35.6 Å². The molecule has 2 heterocycles. The highest BCUT2D eigenvalue weighted by Crippen LogP contribution is 2.21. The van der Waals surface area contributed by atoms with E-state index in [-0.39, 0.29) is 5.75 Å². The summed E-state index contributed by atoms with van der Waals surface area (Å²) in [7, 11) is -3.33. The molecule has 0 aliphatic heterocycles. The molecule has 0 saturated carbocycles. The second kappa shape index (κ2) is 7.98. The molecule has 2 aromatic heterocycles. The molecule has 6 nitrogen and oxygen atoms in total. The molecular formula is C15H14BrN3O3S3. The first-order chi connectivity index (χ1) is 11.9. The number of rotatable bonds is 7. The van der Waals surface area contributed by atoms with Crippen LogP contribution in [0.2, 0.25) is 0 Å². The number of thiazole rings is 1. The summed E-state index contributed by atoms with van der Waals surface area (Å²) in [5.74, 6) is 0.821. The Hall–Kier alpha value is -1.23. The molecule has 0 bridgehead atoms. The van der Waals surface area contributed by atoms with Gasteiger partial charge in [-0.3, -0.25) is 0 Å². The lowest BCUT2D eigenvalue weighted by Crippen LogP contribution is -2.08. The molecule has 0 aliphatic carbocycles. The summed E-state index contributed by atoms with van der Waals surface area (Å²) in [4.78, 5) is 4.66. The molecule has 0 aliphatic rings. The van der Waals surface area contributed by atoms with Crippen LogP contribution in [0.1, 0.15) is 16.6 Å². The van der Waals surface area contributed by atoms with Crippen LogP contribution in [0.4, 0.5) is 0 Å². The lowest BCUT2D eigenvalue weighted by atomic mass is 10.3. The van der Waals surface area contributed by atoms with Crippen LogP contribution in [0.5, 0.6) is 0 Å². The van der Waals surface area contributed by atoms with E-state index in [1.807, 2.05) is 12.3 Å². The van der Waals surface area contributed by atoms with Gasteiger partial charge in [0.1, 0.15) is 0 Å². The number of hydrogen-bond acceptors (Lipinski definition) is 8. The minimum atomic E-state index is -3.33. The number of sulfone groups is 1. The van der Waals surface area contributed by atoms with Crippen molar-refractivity contribution in [3.8, 4) is 0 Å². The van der Waals surface area contributed by atoms with Gasteiger partial charge in [0.15, 0.2) is 9.84 Å². The first-order valence-electron chi connectivity index (χ1n) is 7.27. The number of hydrogen-bond donors (Lipinski definition) is 0. The van der Waals surface area contributed by atoms with E-state index in [9.17, 15) is 8.42 Å². The number of thioether (sulfide) groups is 1. The lowest BCUT2D eigenvalue weighted by Gasteiger charge is -2.03. The van der Waals surface area contributed by atoms with Crippen LogP contribution >= 0.6 is 39.0 Å². The molecular weight excluding hydrogens is 446 g/mol. The van der Waals surface area contributed by atoms with Gasteiger partial charge in [0, 0.05) is 15.6 Å². The molecule has 0 atom stereocenters. The fourth-order valence-electron chi connectivity index (χ4n) is 2.01. The minimum Gasteiger partial charge on any atom is -0.416 e. The highest BCUT2D eigenvalue weighted by molar-refractivity contribution is 9.10. The van der Waals surface area contributed by atoms with E-state index < -0.39 is 9.84 Å². The SMILES string of the molecule is Cc1nc(Cc2nnc(SCCS(=O)(=O)c3ccc(Br)cc3)o2)cs1. The van der Waals surface area contributed by atoms with Gasteiger partial charge in [0.05, 0.1) is 27.8 Å². The second-order valence-electron chi connectivity index (χ2n) is 5.12. The lowest BCUT2D eigenvalue weighted by molar-refractivity contribution is 0.419. The molecule has 0 fully saturated rings. The average Bonchev–Trinajstić information content (AvgIpc) is 3.17. The Morgan fingerprint density at radius 3 is 2.68 bits per heavy atom. The predicted octanol–water partition coefficient (Wildman–Crippen LogP) is 3.75. The van der Waals surface area contributed by atoms with Crippen molar-refractivity contribution in [1.29, 1.82) is 0 Å². The Kier molecular flexibility index (Phi) is 5.92. The Bertz CT molecular complexity index is 952. The van der Waals surface area contributed by atoms with Gasteiger partial charge in [-0.05, 0) is 31.2 Å². The van der Waals surface area contributed by atoms with E-state index >= 15 is 0 Å². The van der Waals surface area contributed by atoms with Crippen LogP contribution in [-0.2, 0) is 16.3 Å². The Labute approximate surface area is 162 Å². The van der Waals surface area contributed by atoms with Crippen LogP contribution < -0.4 is 0 Å². The van der Waals surface area contributed by atoms with Crippen molar-refractivity contribution in [2.75, 3.05) is 11.5 Å². The third-order valence-corrected chi connectivity index (χ3v) is 7.36. The minimum absolute atomic E-state index is 0.00228. The molecule has 25 heavy (non-hydrogen) atoms. The van der Waals surface area contributed by atoms with Crippen molar-refractivity contribution in [2.45, 2.75) is 23.5 Å². The van der Waals surface area contributed by atoms with Gasteiger partial charge >= 0.3 is 0 Å². The van der Waals surface area contributed by atoms with Gasteiger partial charge < -0.3 is 4.42 Å². The Morgan fingerprint density at radius 2 is 2.00 bits per heavy atom. The summed E-state index contributed by atoms with van der Waals surface area (Å²) in [5, 5.41) is 11.2. The summed E-state index contributed by atoms with van der Waals surface area (Å²) in [6, 6.07) is 6.60. The van der Waals surface area contributed by atoms with Gasteiger partial charge in [0.25, 0.3) is 5.22 Å². The summed E-state index contributed by atoms with van der Waals surface area (Å²) < 4.78 is 30.9. The fourth-order valence-corrected chi connectivity index (χ4v) is 5.31. The Morgan fingerprint density at radius 1 is 1.24 bits per heavy atom. The van der Waals surface area contributed by atoms with Crippen molar-refractivity contribution in [3.05, 3.63) is 50.7 Å². The third-order valence-electron chi connectivity index (χ3n) is 3.20. The largest absolute Gasteiger partial charge is 0.416 e. The first kappa shape index (κ1) is 18.6. The van der Waals surface area contributed by atoms with Crippen LogP contribution in [0.3, 0.4) is 0 Å². The molecule has 0 spiro atoms. The van der Waals surface area contributed by atoms with Crippen molar-refractivity contribution in [1.82, 2.24) is 15.2 Å². The van der Waals surface area contributed by atoms with E-state index in [1.165, 1.54) is 11.8 Å². The van der Waals surface area contributed by atoms with Crippen molar-refractivity contribution >= 4 is 48.9 Å². The summed E-state index contributed by atoms with van der Waals surface area (Å²) in [5.41, 5.74) is 0.889. The standard InChI is InChI=1S/C15H14BrN3O3S3/c1-10-17-12(9-24-10)8-14-18-19-15(22-14)23-6-7-25(20,21)13-4-2-11(16)3-5-13/h2-5,9H,6-8H2,1H3. The zero-order valence-corrected chi connectivity index (χ0v) is 17.2. The zero-order chi connectivity index (χ0) is 17.9. The van der Waals surface area contributed by atoms with Gasteiger partial charge in [-0.25, -0.2) is 13.4 Å². The van der Waals surface area contributed by atoms with E-state index in [4.69, 9.17) is 4.42 Å². The van der Waals surface area contributed by atoms with Gasteiger partial charge in [-0.1, -0.05) is 27.7 Å². The summed E-state index contributed by atoms with van der Waals surface area (Å²) >= 11 is 6.10. The predicted molar refractivity (Wildman–Crippen MR) is 101 cm³/mol. The summed E-state index contributed by atoms with van der Waals surface area (Å²) in [6.07, 6.45) is 0.481. The maximum atomic E-state index is 12.3. The quantitative estimate of drug-likeness (QED) is 0.497. The molecule has 10 heteroatoms. The molecule has 132 valence electrons. The molecule has 3 aromatic rings. The highest BCUT2D eigenvalue weighted by atomic mass is 79.9. The maximum absolute atomic E-state index is 12.3. The fraction of sp³-hybridized carbons (Fsp3) is 0.267. The number of halogens is 1. The topological polar surface area (TPSA) is 86.0 Å². The number of benzene rings is 1. The normalized spacial score (nSPS) is 11.8. The van der Waals surface area contributed by atoms with Gasteiger partial charge in [0.2, 0.25) is 5.89 Å². The molecule has 0 N–H and O–H groups in total. The molecule has 0 unspecified atom stereocenters. The van der Waals surface area contributed by atoms with Gasteiger partial charge in [-0.15, -0.1) is 21.5 Å². The van der Waals surface area contributed by atoms with Crippen LogP contribution in [0.15, 0.2) is 48.7 Å². The van der Waals surface area contributed by atoms with E-state index in [0.29, 0.717) is 28.2 Å². The molecule has 1 aromatic carbocycles. The van der Waals surface area contributed by atoms with Crippen LogP contribution in [0.25, 0.3) is 0 Å². The monoisotopic (exact) mass is 459 g/mol. The van der Waals surface area contributed by atoms with Crippen molar-refractivity contribution in [2.24, 2.45) is 0 Å². The number of nitrogens with zero attached hydrogens (tertiary/aromatic N) is 3. The number of aromatic nitrogens is 3. The average molecular weight is 460 g/mol. The second-order valence-corrected chi connectivity index (χ2v) is 10.3. The van der Waals surface area contributed by atoms with E-state index in [0.717, 1.165) is 15.2 Å². The van der Waals surface area contributed by atoms with Crippen LogP contribution in [-0.4, -0.2) is 35.1 Å². The summed E-state index contributed by atoms with van der Waals surface area (Å²) in [6.45, 7) is 1.94. The Balaban J connectivity index is 1.54. The van der Waals surface area contributed by atoms with E-state index in [2.05, 4.69) is 31.1 Å². The first-order valence-corrected chi connectivity index (χ1v) is 11.6. The van der Waals surface area contributed by atoms with Crippen LogP contribution in [0, 0.1) is 6.92 Å². The molecule has 0 radical (unpaired) electrons. The van der Waals surface area contributed by atoms with Crippen molar-refractivity contribution in [3.63, 3.8) is 0 Å². The molecule has 3 rings (SSSR count). The zero-order valence-electron chi connectivity index (χ0n) is 13.2. The van der Waals surface area contributed by atoms with Gasteiger partial charge in [-0.2, -0.15) is 0 Å². The number of aryl methyl sites for hydroxylation is 1. The smallest absolute Gasteiger partial charge is 0.276 e.